The number of benzene rings is 2. The zero-order valence-corrected chi connectivity index (χ0v) is 18.6. The van der Waals surface area contributed by atoms with Crippen molar-refractivity contribution in [1.82, 2.24) is 20.0 Å². The second-order valence-electron chi connectivity index (χ2n) is 7.73. The van der Waals surface area contributed by atoms with Crippen LogP contribution in [-0.2, 0) is 4.79 Å². The Balaban J connectivity index is 1.64. The number of hydrogen-bond acceptors (Lipinski definition) is 6. The van der Waals surface area contributed by atoms with Crippen molar-refractivity contribution in [1.29, 1.82) is 5.41 Å². The Morgan fingerprint density at radius 3 is 2.28 bits per heavy atom. The predicted molar refractivity (Wildman–Crippen MR) is 127 cm³/mol. The highest BCUT2D eigenvalue weighted by Gasteiger charge is 2.23. The molecule has 1 aliphatic heterocycles. The molecule has 1 saturated heterocycles. The second-order valence-corrected chi connectivity index (χ2v) is 8.11. The molecule has 1 amide bonds. The molecule has 1 fully saturated rings. The molecular weight excluding hydrogens is 424 g/mol. The summed E-state index contributed by atoms with van der Waals surface area (Å²) in [5.74, 6) is 0.311. The van der Waals surface area contributed by atoms with Crippen molar-refractivity contribution >= 4 is 29.0 Å². The number of carbonyl (C=O) groups excluding carboxylic acids is 1. The number of halogens is 1. The smallest absolute Gasteiger partial charge is 0.242 e. The van der Waals surface area contributed by atoms with E-state index in [4.69, 9.17) is 17.0 Å². The van der Waals surface area contributed by atoms with Crippen LogP contribution in [-0.4, -0.2) is 71.4 Å². The van der Waals surface area contributed by atoms with Crippen molar-refractivity contribution in [3.63, 3.8) is 0 Å². The van der Waals surface area contributed by atoms with Gasteiger partial charge in [0.05, 0.1) is 22.8 Å². The number of carbonyl (C=O) groups is 1. The van der Waals surface area contributed by atoms with E-state index in [9.17, 15) is 4.79 Å². The minimum Gasteiger partial charge on any atom is -0.359 e. The molecule has 1 aromatic heterocycles. The van der Waals surface area contributed by atoms with E-state index in [1.807, 2.05) is 72.6 Å². The van der Waals surface area contributed by atoms with Gasteiger partial charge in [-0.05, 0) is 7.05 Å². The molecule has 0 radical (unpaired) electrons. The van der Waals surface area contributed by atoms with E-state index < -0.39 is 0 Å². The SMILES string of the molecule is CN1CCN(C(=O)CNc2nnc(-c3ccccc3)c(Cl)c2C(=N)c2ccccc2)CC1. The lowest BCUT2D eigenvalue weighted by molar-refractivity contribution is -0.130. The van der Waals surface area contributed by atoms with Gasteiger partial charge in [-0.15, -0.1) is 10.2 Å². The molecule has 32 heavy (non-hydrogen) atoms. The molecule has 8 heteroatoms. The van der Waals surface area contributed by atoms with Gasteiger partial charge in [0.1, 0.15) is 5.69 Å². The molecule has 2 aromatic carbocycles. The van der Waals surface area contributed by atoms with Crippen LogP contribution in [0.15, 0.2) is 60.7 Å². The molecule has 4 rings (SSSR count). The zero-order valence-electron chi connectivity index (χ0n) is 17.9. The Kier molecular flexibility index (Phi) is 6.78. The van der Waals surface area contributed by atoms with Gasteiger partial charge in [-0.3, -0.25) is 10.2 Å². The maximum absolute atomic E-state index is 12.7. The monoisotopic (exact) mass is 448 g/mol. The second kappa shape index (κ2) is 9.89. The average Bonchev–Trinajstić information content (AvgIpc) is 2.83. The Bertz CT molecular complexity index is 1100. The van der Waals surface area contributed by atoms with Crippen LogP contribution in [0.4, 0.5) is 5.82 Å². The Morgan fingerprint density at radius 2 is 1.62 bits per heavy atom. The first-order valence-corrected chi connectivity index (χ1v) is 10.9. The van der Waals surface area contributed by atoms with Crippen molar-refractivity contribution in [2.45, 2.75) is 0 Å². The van der Waals surface area contributed by atoms with E-state index in [0.29, 0.717) is 40.8 Å². The van der Waals surface area contributed by atoms with E-state index in [0.717, 1.165) is 18.7 Å². The van der Waals surface area contributed by atoms with Crippen LogP contribution >= 0.6 is 11.6 Å². The van der Waals surface area contributed by atoms with Crippen molar-refractivity contribution in [2.24, 2.45) is 0 Å². The summed E-state index contributed by atoms with van der Waals surface area (Å²) in [5.41, 5.74) is 2.66. The molecule has 0 spiro atoms. The zero-order chi connectivity index (χ0) is 22.5. The Hall–Kier alpha value is -3.29. The largest absolute Gasteiger partial charge is 0.359 e. The third-order valence-electron chi connectivity index (χ3n) is 5.54. The maximum atomic E-state index is 12.7. The summed E-state index contributed by atoms with van der Waals surface area (Å²) in [6, 6.07) is 18.8. The molecule has 0 atom stereocenters. The molecule has 0 aliphatic carbocycles. The minimum atomic E-state index is -0.0136. The number of nitrogens with one attached hydrogen (secondary N) is 2. The van der Waals surface area contributed by atoms with E-state index in [1.165, 1.54) is 0 Å². The van der Waals surface area contributed by atoms with Crippen LogP contribution in [0.5, 0.6) is 0 Å². The summed E-state index contributed by atoms with van der Waals surface area (Å²) in [6.07, 6.45) is 0. The molecule has 164 valence electrons. The van der Waals surface area contributed by atoms with Crippen LogP contribution in [0, 0.1) is 5.41 Å². The normalized spacial score (nSPS) is 14.2. The molecule has 1 aliphatic rings. The summed E-state index contributed by atoms with van der Waals surface area (Å²) in [7, 11) is 2.05. The lowest BCUT2D eigenvalue weighted by Crippen LogP contribution is -2.48. The number of rotatable bonds is 6. The Morgan fingerprint density at radius 1 is 1.00 bits per heavy atom. The van der Waals surface area contributed by atoms with E-state index in [2.05, 4.69) is 20.4 Å². The predicted octanol–water partition coefficient (Wildman–Crippen LogP) is 3.40. The number of hydrogen-bond donors (Lipinski definition) is 2. The van der Waals surface area contributed by atoms with Gasteiger partial charge < -0.3 is 15.1 Å². The van der Waals surface area contributed by atoms with E-state index >= 15 is 0 Å². The highest BCUT2D eigenvalue weighted by atomic mass is 35.5. The summed E-state index contributed by atoms with van der Waals surface area (Å²) in [5, 5.41) is 20.9. The molecule has 7 nitrogen and oxygen atoms in total. The first-order chi connectivity index (χ1) is 15.5. The quantitative estimate of drug-likeness (QED) is 0.564. The highest BCUT2D eigenvalue weighted by Crippen LogP contribution is 2.33. The third kappa shape index (κ3) is 4.79. The number of anilines is 1. The van der Waals surface area contributed by atoms with Crippen LogP contribution in [0.1, 0.15) is 11.1 Å². The van der Waals surface area contributed by atoms with Crippen molar-refractivity contribution in [2.75, 3.05) is 45.1 Å². The topological polar surface area (TPSA) is 85.2 Å². The first kappa shape index (κ1) is 21.9. The number of amides is 1. The molecule has 2 N–H and O–H groups in total. The van der Waals surface area contributed by atoms with Gasteiger partial charge in [0, 0.05) is 37.3 Å². The third-order valence-corrected chi connectivity index (χ3v) is 5.90. The highest BCUT2D eigenvalue weighted by molar-refractivity contribution is 6.38. The van der Waals surface area contributed by atoms with Gasteiger partial charge in [0.2, 0.25) is 5.91 Å². The van der Waals surface area contributed by atoms with Crippen molar-refractivity contribution < 1.29 is 4.79 Å². The fourth-order valence-electron chi connectivity index (χ4n) is 3.62. The fourth-order valence-corrected chi connectivity index (χ4v) is 3.96. The lowest BCUT2D eigenvalue weighted by Gasteiger charge is -2.32. The van der Waals surface area contributed by atoms with E-state index in [-0.39, 0.29) is 18.2 Å². The molecule has 2 heterocycles. The standard InChI is InChI=1S/C24H25ClN6O/c1-30-12-14-31(15-13-30)19(32)16-27-24-20(22(26)17-8-4-2-5-9-17)21(25)23(28-29-24)18-10-6-3-7-11-18/h2-11,26H,12-16H2,1H3,(H,27,29). The van der Waals surface area contributed by atoms with Gasteiger partial charge in [-0.1, -0.05) is 72.3 Å². The van der Waals surface area contributed by atoms with Crippen molar-refractivity contribution in [3.8, 4) is 11.3 Å². The van der Waals surface area contributed by atoms with Gasteiger partial charge in [-0.25, -0.2) is 0 Å². The summed E-state index contributed by atoms with van der Waals surface area (Å²) >= 11 is 6.79. The number of aromatic nitrogens is 2. The molecule has 0 unspecified atom stereocenters. The molecule has 0 saturated carbocycles. The van der Waals surface area contributed by atoms with Crippen molar-refractivity contribution in [3.05, 3.63) is 76.8 Å². The maximum Gasteiger partial charge on any atom is 0.242 e. The number of nitrogens with zero attached hydrogens (tertiary/aromatic N) is 4. The Labute approximate surface area is 192 Å². The molecular formula is C24H25ClN6O. The van der Waals surface area contributed by atoms with Gasteiger partial charge >= 0.3 is 0 Å². The van der Waals surface area contributed by atoms with E-state index in [1.54, 1.807) is 0 Å². The molecule has 3 aromatic rings. The molecule has 0 bridgehead atoms. The minimum absolute atomic E-state index is 0.0136. The van der Waals surface area contributed by atoms with Gasteiger partial charge in [0.25, 0.3) is 0 Å². The van der Waals surface area contributed by atoms with Gasteiger partial charge in [-0.2, -0.15) is 0 Å². The number of piperazine rings is 1. The van der Waals surface area contributed by atoms with Crippen LogP contribution < -0.4 is 5.32 Å². The van der Waals surface area contributed by atoms with Crippen LogP contribution in [0.3, 0.4) is 0 Å². The van der Waals surface area contributed by atoms with Crippen LogP contribution in [0.25, 0.3) is 11.3 Å². The number of likely N-dealkylation sites (N-methyl/N-ethyl adjacent to an activating group) is 1. The summed E-state index contributed by atoms with van der Waals surface area (Å²) in [4.78, 5) is 16.7. The summed E-state index contributed by atoms with van der Waals surface area (Å²) < 4.78 is 0. The van der Waals surface area contributed by atoms with Crippen LogP contribution in [0.2, 0.25) is 5.02 Å². The average molecular weight is 449 g/mol. The fraction of sp³-hybridized carbons (Fsp3) is 0.250. The summed E-state index contributed by atoms with van der Waals surface area (Å²) in [6.45, 7) is 3.17. The lowest BCUT2D eigenvalue weighted by atomic mass is 10.0. The van der Waals surface area contributed by atoms with Gasteiger partial charge in [0.15, 0.2) is 5.82 Å². The first-order valence-electron chi connectivity index (χ1n) is 10.5.